The molecule has 4 rings (SSSR count). The third-order valence-electron chi connectivity index (χ3n) is 8.06. The van der Waals surface area contributed by atoms with Gasteiger partial charge in [-0.2, -0.15) is 0 Å². The molecule has 0 aliphatic heterocycles. The molecule has 3 aliphatic carbocycles. The molecule has 1 saturated carbocycles. The third-order valence-corrected chi connectivity index (χ3v) is 8.06. The number of likely N-dealkylation sites (N-methyl/N-ethyl adjacent to an activating group) is 1. The van der Waals surface area contributed by atoms with Crippen molar-refractivity contribution in [3.63, 3.8) is 0 Å². The highest BCUT2D eigenvalue weighted by atomic mass is 16.3. The molecule has 0 amide bonds. The molecule has 1 aromatic rings. The maximum atomic E-state index is 13.9. The van der Waals surface area contributed by atoms with E-state index >= 15 is 0 Å². The molecule has 0 radical (unpaired) electrons. The van der Waals surface area contributed by atoms with E-state index in [1.807, 2.05) is 6.07 Å². The average molecular weight is 498 g/mol. The number of Topliss-reactive ketones (excluding diaryl/α,β-unsaturated/α-hetero) is 2. The highest BCUT2D eigenvalue weighted by molar-refractivity contribution is 6.15. The minimum Gasteiger partial charge on any atom is -0.508 e. The van der Waals surface area contributed by atoms with Gasteiger partial charge in [-0.15, -0.1) is 0 Å². The highest BCUT2D eigenvalue weighted by Crippen LogP contribution is 2.53. The van der Waals surface area contributed by atoms with Gasteiger partial charge in [-0.25, -0.2) is 0 Å². The Morgan fingerprint density at radius 1 is 1.17 bits per heavy atom. The molecule has 0 bridgehead atoms. The number of rotatable bonds is 6. The summed E-state index contributed by atoms with van der Waals surface area (Å²) in [5.41, 5.74) is 4.47. The van der Waals surface area contributed by atoms with Crippen LogP contribution in [0, 0.1) is 11.8 Å². The summed E-state index contributed by atoms with van der Waals surface area (Å²) in [6.07, 6.45) is 0.498. The van der Waals surface area contributed by atoms with Gasteiger partial charge in [-0.1, -0.05) is 26.5 Å². The Morgan fingerprint density at radius 2 is 1.81 bits per heavy atom. The van der Waals surface area contributed by atoms with Crippen LogP contribution in [-0.2, 0) is 22.6 Å². The topological polar surface area (TPSA) is 148 Å². The van der Waals surface area contributed by atoms with Crippen LogP contribution in [0.5, 0.6) is 5.75 Å². The first-order valence-corrected chi connectivity index (χ1v) is 12.3. The number of benzene rings is 1. The number of carbonyl (C=O) groups is 2. The number of nitrogens with zero attached hydrogens (tertiary/aromatic N) is 2. The standard InChI is InChI=1S/C27H35N3O6/c1-6-30(7-2)12-14-8-9-18(31)21-16(14)10-15-11-17-22(29(4)5)24(33)19(13(3)28)25(34)27(17,36)26(35)20(15)23(21)32/h8-9,15,17,22,31-32,34,36H,3,6-7,10-12,28H2,1-2,4-5H3/t15-,17-,22+,27+/m0/s1. The van der Waals surface area contributed by atoms with E-state index in [1.165, 1.54) is 6.07 Å². The van der Waals surface area contributed by atoms with Crippen LogP contribution >= 0.6 is 0 Å². The monoisotopic (exact) mass is 497 g/mol. The number of allylic oxidation sites excluding steroid dienone is 1. The van der Waals surface area contributed by atoms with Gasteiger partial charge in [0, 0.05) is 23.7 Å². The fourth-order valence-electron chi connectivity index (χ4n) is 6.22. The van der Waals surface area contributed by atoms with Gasteiger partial charge in [-0.05, 0) is 63.1 Å². The zero-order valence-electron chi connectivity index (χ0n) is 21.2. The number of phenols is 1. The number of fused-ring (bicyclic) bond motifs is 3. The van der Waals surface area contributed by atoms with Crippen LogP contribution in [0.15, 0.2) is 41.3 Å². The molecule has 0 unspecified atom stereocenters. The number of nitrogens with two attached hydrogens (primary N) is 1. The summed E-state index contributed by atoms with van der Waals surface area (Å²) in [6, 6.07) is 2.38. The zero-order valence-corrected chi connectivity index (χ0v) is 21.2. The molecule has 194 valence electrons. The number of aromatic hydroxyl groups is 1. The Balaban J connectivity index is 1.92. The van der Waals surface area contributed by atoms with Crippen molar-refractivity contribution in [2.45, 2.75) is 44.9 Å². The molecule has 9 nitrogen and oxygen atoms in total. The first-order valence-electron chi connectivity index (χ1n) is 12.3. The van der Waals surface area contributed by atoms with E-state index in [-0.39, 0.29) is 34.6 Å². The summed E-state index contributed by atoms with van der Waals surface area (Å²) >= 11 is 0. The fourth-order valence-corrected chi connectivity index (χ4v) is 6.22. The van der Waals surface area contributed by atoms with Crippen molar-refractivity contribution in [1.82, 2.24) is 9.80 Å². The van der Waals surface area contributed by atoms with Crippen LogP contribution < -0.4 is 5.73 Å². The van der Waals surface area contributed by atoms with Crippen molar-refractivity contribution in [2.24, 2.45) is 17.6 Å². The highest BCUT2D eigenvalue weighted by Gasteiger charge is 2.63. The molecule has 1 fully saturated rings. The zero-order chi connectivity index (χ0) is 26.7. The van der Waals surface area contributed by atoms with Gasteiger partial charge in [0.25, 0.3) is 0 Å². The molecule has 1 aromatic carbocycles. The molecule has 0 saturated heterocycles. The maximum absolute atomic E-state index is 13.9. The van der Waals surface area contributed by atoms with Crippen LogP contribution in [0.4, 0.5) is 0 Å². The number of aliphatic hydroxyl groups is 3. The fraction of sp³-hybridized carbons (Fsp3) is 0.481. The Morgan fingerprint density at radius 3 is 2.36 bits per heavy atom. The average Bonchev–Trinajstić information content (AvgIpc) is 2.80. The predicted molar refractivity (Wildman–Crippen MR) is 135 cm³/mol. The van der Waals surface area contributed by atoms with Crippen LogP contribution in [0.2, 0.25) is 0 Å². The normalized spacial score (nSPS) is 27.9. The van der Waals surface area contributed by atoms with E-state index in [1.54, 1.807) is 19.0 Å². The van der Waals surface area contributed by atoms with Gasteiger partial charge in [0.05, 0.1) is 17.2 Å². The molecular weight excluding hydrogens is 462 g/mol. The first-order chi connectivity index (χ1) is 16.9. The maximum Gasteiger partial charge on any atom is 0.202 e. The van der Waals surface area contributed by atoms with Crippen LogP contribution in [0.1, 0.15) is 37.0 Å². The lowest BCUT2D eigenvalue weighted by molar-refractivity contribution is -0.153. The number of carbonyl (C=O) groups excluding carboxylic acids is 2. The lowest BCUT2D eigenvalue weighted by Gasteiger charge is -2.50. The Hall–Kier alpha value is -3.14. The summed E-state index contributed by atoms with van der Waals surface area (Å²) in [5.74, 6) is -4.30. The van der Waals surface area contributed by atoms with Crippen molar-refractivity contribution in [3.05, 3.63) is 58.0 Å². The van der Waals surface area contributed by atoms with Crippen molar-refractivity contribution < 1.29 is 30.0 Å². The molecule has 0 spiro atoms. The lowest BCUT2D eigenvalue weighted by atomic mass is 9.57. The third kappa shape index (κ3) is 3.56. The second-order valence-corrected chi connectivity index (χ2v) is 10.2. The second kappa shape index (κ2) is 9.06. The van der Waals surface area contributed by atoms with Crippen LogP contribution in [0.3, 0.4) is 0 Å². The van der Waals surface area contributed by atoms with E-state index in [2.05, 4.69) is 25.3 Å². The van der Waals surface area contributed by atoms with E-state index < -0.39 is 46.6 Å². The van der Waals surface area contributed by atoms with E-state index in [9.17, 15) is 30.0 Å². The number of hydrogen-bond donors (Lipinski definition) is 5. The van der Waals surface area contributed by atoms with Gasteiger partial charge in [0.15, 0.2) is 11.4 Å². The van der Waals surface area contributed by atoms with Crippen LogP contribution in [0.25, 0.3) is 5.76 Å². The van der Waals surface area contributed by atoms with Crippen molar-refractivity contribution >= 4 is 17.3 Å². The second-order valence-electron chi connectivity index (χ2n) is 10.2. The summed E-state index contributed by atoms with van der Waals surface area (Å²) in [5, 5.41) is 44.8. The predicted octanol–water partition coefficient (Wildman–Crippen LogP) is 1.79. The molecule has 0 heterocycles. The molecule has 3 aliphatic rings. The van der Waals surface area contributed by atoms with Gasteiger partial charge >= 0.3 is 0 Å². The van der Waals surface area contributed by atoms with Gasteiger partial charge in [0.1, 0.15) is 17.3 Å². The van der Waals surface area contributed by atoms with E-state index in [0.717, 1.165) is 24.2 Å². The van der Waals surface area contributed by atoms with Crippen LogP contribution in [-0.4, -0.2) is 80.6 Å². The summed E-state index contributed by atoms with van der Waals surface area (Å²) in [6.45, 7) is 9.91. The molecule has 4 atom stereocenters. The minimum absolute atomic E-state index is 0.0584. The smallest absolute Gasteiger partial charge is 0.202 e. The van der Waals surface area contributed by atoms with Gasteiger partial charge < -0.3 is 26.2 Å². The van der Waals surface area contributed by atoms with E-state index in [4.69, 9.17) is 5.73 Å². The number of ketones is 2. The summed E-state index contributed by atoms with van der Waals surface area (Å²) in [7, 11) is 3.32. The SMILES string of the molecule is C=C(N)C1=C(O)[C@@]2(O)C(=O)C3=C(O)c4c(O)ccc(CN(CC)CC)c4C[C@H]3C[C@H]2[C@@H](N(C)C)C1=O. The molecule has 0 aromatic heterocycles. The number of hydrogen-bond acceptors (Lipinski definition) is 9. The van der Waals surface area contributed by atoms with Crippen molar-refractivity contribution in [2.75, 3.05) is 27.2 Å². The molecular formula is C27H35N3O6. The largest absolute Gasteiger partial charge is 0.508 e. The molecule has 36 heavy (non-hydrogen) atoms. The number of phenolic OH excluding ortho intramolecular Hbond substituents is 1. The van der Waals surface area contributed by atoms with Gasteiger partial charge in [0.2, 0.25) is 5.78 Å². The van der Waals surface area contributed by atoms with Crippen molar-refractivity contribution in [1.29, 1.82) is 0 Å². The van der Waals surface area contributed by atoms with E-state index in [0.29, 0.717) is 13.0 Å². The first kappa shape index (κ1) is 25.9. The Labute approximate surface area is 210 Å². The Bertz CT molecular complexity index is 1210. The Kier molecular flexibility index (Phi) is 6.53. The van der Waals surface area contributed by atoms with Gasteiger partial charge in [-0.3, -0.25) is 19.4 Å². The molecule has 6 N–H and O–H groups in total. The minimum atomic E-state index is -2.47. The summed E-state index contributed by atoms with van der Waals surface area (Å²) < 4.78 is 0. The van der Waals surface area contributed by atoms with Crippen molar-refractivity contribution in [3.8, 4) is 5.75 Å². The molecule has 9 heteroatoms. The quantitative estimate of drug-likeness (QED) is 0.397. The lowest BCUT2D eigenvalue weighted by Crippen LogP contribution is -2.65. The number of aliphatic hydroxyl groups excluding tert-OH is 2. The summed E-state index contributed by atoms with van der Waals surface area (Å²) in [4.78, 5) is 31.0.